The van der Waals surface area contributed by atoms with Crippen molar-refractivity contribution in [1.82, 2.24) is 4.98 Å². The van der Waals surface area contributed by atoms with Crippen LogP contribution in [-0.4, -0.2) is 4.98 Å². The quantitative estimate of drug-likeness (QED) is 0.830. The Morgan fingerprint density at radius 3 is 2.93 bits per heavy atom. The number of furan rings is 1. The van der Waals surface area contributed by atoms with E-state index in [1.807, 2.05) is 31.2 Å². The zero-order valence-corrected chi connectivity index (χ0v) is 8.68. The van der Waals surface area contributed by atoms with Crippen LogP contribution in [0.15, 0.2) is 41.2 Å². The van der Waals surface area contributed by atoms with Gasteiger partial charge in [0.25, 0.3) is 0 Å². The van der Waals surface area contributed by atoms with Crippen LogP contribution in [0.3, 0.4) is 0 Å². The molecule has 0 saturated heterocycles. The summed E-state index contributed by atoms with van der Waals surface area (Å²) in [7, 11) is 0. The highest BCUT2D eigenvalue weighted by Gasteiger charge is 2.08. The lowest BCUT2D eigenvalue weighted by atomic mass is 10.1. The molecule has 0 amide bonds. The van der Waals surface area contributed by atoms with E-state index in [1.165, 1.54) is 0 Å². The van der Waals surface area contributed by atoms with Crippen molar-refractivity contribution in [1.29, 1.82) is 0 Å². The molecular weight excluding hydrogens is 188 g/mol. The second-order valence-electron chi connectivity index (χ2n) is 3.65. The Bertz CT molecular complexity index is 423. The lowest BCUT2D eigenvalue weighted by Gasteiger charge is -2.09. The van der Waals surface area contributed by atoms with E-state index in [4.69, 9.17) is 10.2 Å². The molecule has 15 heavy (non-hydrogen) atoms. The first kappa shape index (κ1) is 9.93. The zero-order valence-electron chi connectivity index (χ0n) is 8.68. The van der Waals surface area contributed by atoms with Crippen molar-refractivity contribution < 1.29 is 4.42 Å². The lowest BCUT2D eigenvalue weighted by molar-refractivity contribution is 0.560. The summed E-state index contributed by atoms with van der Waals surface area (Å²) in [6.07, 6.45) is 4.13. The van der Waals surface area contributed by atoms with Crippen LogP contribution in [0.5, 0.6) is 0 Å². The minimum absolute atomic E-state index is 0.0671. The van der Waals surface area contributed by atoms with Crippen molar-refractivity contribution in [3.63, 3.8) is 0 Å². The van der Waals surface area contributed by atoms with Crippen LogP contribution in [-0.2, 0) is 6.42 Å². The molecule has 0 spiro atoms. The molecule has 3 nitrogen and oxygen atoms in total. The maximum atomic E-state index is 6.05. The van der Waals surface area contributed by atoms with Gasteiger partial charge in [0, 0.05) is 5.69 Å². The van der Waals surface area contributed by atoms with Crippen molar-refractivity contribution in [2.75, 3.05) is 0 Å². The molecule has 0 fully saturated rings. The SMILES string of the molecule is Cc1cccc(C(N)Cc2ccoc2)n1. The topological polar surface area (TPSA) is 52.0 Å². The molecule has 3 heteroatoms. The Morgan fingerprint density at radius 1 is 1.40 bits per heavy atom. The van der Waals surface area contributed by atoms with E-state index in [-0.39, 0.29) is 6.04 Å². The molecule has 2 aromatic heterocycles. The molecule has 2 rings (SSSR count). The Kier molecular flexibility index (Phi) is 2.83. The first-order chi connectivity index (χ1) is 7.25. The van der Waals surface area contributed by atoms with E-state index >= 15 is 0 Å². The average Bonchev–Trinajstić information content (AvgIpc) is 2.70. The van der Waals surface area contributed by atoms with Crippen LogP contribution in [0.4, 0.5) is 0 Å². The Balaban J connectivity index is 2.11. The van der Waals surface area contributed by atoms with Crippen LogP contribution in [0.2, 0.25) is 0 Å². The van der Waals surface area contributed by atoms with Gasteiger partial charge in [-0.2, -0.15) is 0 Å². The van der Waals surface area contributed by atoms with Gasteiger partial charge in [-0.1, -0.05) is 6.07 Å². The van der Waals surface area contributed by atoms with Gasteiger partial charge in [-0.15, -0.1) is 0 Å². The molecule has 2 heterocycles. The molecule has 0 radical (unpaired) electrons. The average molecular weight is 202 g/mol. The maximum absolute atomic E-state index is 6.05. The normalized spacial score (nSPS) is 12.7. The Morgan fingerprint density at radius 2 is 2.27 bits per heavy atom. The monoisotopic (exact) mass is 202 g/mol. The number of nitrogens with zero attached hydrogens (tertiary/aromatic N) is 1. The highest BCUT2D eigenvalue weighted by molar-refractivity contribution is 5.16. The highest BCUT2D eigenvalue weighted by Crippen LogP contribution is 2.14. The van der Waals surface area contributed by atoms with Crippen LogP contribution < -0.4 is 5.73 Å². The number of rotatable bonds is 3. The second kappa shape index (κ2) is 4.28. The van der Waals surface area contributed by atoms with Gasteiger partial charge in [0.2, 0.25) is 0 Å². The standard InChI is InChI=1S/C12H14N2O/c1-9-3-2-4-12(14-9)11(13)7-10-5-6-15-8-10/h2-6,8,11H,7,13H2,1H3. The third-order valence-electron chi connectivity index (χ3n) is 2.33. The first-order valence-electron chi connectivity index (χ1n) is 4.96. The molecule has 0 aliphatic heterocycles. The number of hydrogen-bond donors (Lipinski definition) is 1. The fourth-order valence-electron chi connectivity index (χ4n) is 1.54. The number of hydrogen-bond acceptors (Lipinski definition) is 3. The van der Waals surface area contributed by atoms with E-state index in [0.717, 1.165) is 23.4 Å². The molecular formula is C12H14N2O. The van der Waals surface area contributed by atoms with Gasteiger partial charge in [0.15, 0.2) is 0 Å². The van der Waals surface area contributed by atoms with E-state index in [1.54, 1.807) is 12.5 Å². The molecule has 0 aliphatic carbocycles. The van der Waals surface area contributed by atoms with Gasteiger partial charge < -0.3 is 10.2 Å². The third kappa shape index (κ3) is 2.44. The summed E-state index contributed by atoms with van der Waals surface area (Å²) >= 11 is 0. The summed E-state index contributed by atoms with van der Waals surface area (Å²) in [5.74, 6) is 0. The smallest absolute Gasteiger partial charge is 0.0935 e. The molecule has 0 aromatic carbocycles. The van der Waals surface area contributed by atoms with Crippen LogP contribution in [0, 0.1) is 6.92 Å². The summed E-state index contributed by atoms with van der Waals surface area (Å²) < 4.78 is 5.00. The number of nitrogens with two attached hydrogens (primary N) is 1. The predicted octanol–water partition coefficient (Wildman–Crippen LogP) is 2.23. The fourth-order valence-corrected chi connectivity index (χ4v) is 1.54. The summed E-state index contributed by atoms with van der Waals surface area (Å²) in [4.78, 5) is 4.40. The van der Waals surface area contributed by atoms with Gasteiger partial charge >= 0.3 is 0 Å². The van der Waals surface area contributed by atoms with E-state index in [2.05, 4.69) is 4.98 Å². The molecule has 1 atom stereocenters. The molecule has 1 unspecified atom stereocenters. The van der Waals surface area contributed by atoms with E-state index in [9.17, 15) is 0 Å². The molecule has 0 bridgehead atoms. The van der Waals surface area contributed by atoms with Crippen molar-refractivity contribution in [2.45, 2.75) is 19.4 Å². The second-order valence-corrected chi connectivity index (χ2v) is 3.65. The highest BCUT2D eigenvalue weighted by atomic mass is 16.3. The largest absolute Gasteiger partial charge is 0.472 e. The minimum Gasteiger partial charge on any atom is -0.472 e. The van der Waals surface area contributed by atoms with Gasteiger partial charge in [0.05, 0.1) is 24.3 Å². The number of aryl methyl sites for hydroxylation is 1. The van der Waals surface area contributed by atoms with Crippen molar-refractivity contribution in [3.8, 4) is 0 Å². The summed E-state index contributed by atoms with van der Waals surface area (Å²) in [6, 6.07) is 7.76. The Labute approximate surface area is 88.9 Å². The molecule has 0 saturated carbocycles. The van der Waals surface area contributed by atoms with E-state index < -0.39 is 0 Å². The summed E-state index contributed by atoms with van der Waals surface area (Å²) in [6.45, 7) is 1.97. The molecule has 78 valence electrons. The number of pyridine rings is 1. The minimum atomic E-state index is -0.0671. The first-order valence-corrected chi connectivity index (χ1v) is 4.96. The molecule has 2 N–H and O–H groups in total. The van der Waals surface area contributed by atoms with E-state index in [0.29, 0.717) is 0 Å². The van der Waals surface area contributed by atoms with Crippen molar-refractivity contribution >= 4 is 0 Å². The molecule has 2 aromatic rings. The van der Waals surface area contributed by atoms with Crippen LogP contribution in [0.25, 0.3) is 0 Å². The predicted molar refractivity (Wildman–Crippen MR) is 58.3 cm³/mol. The van der Waals surface area contributed by atoms with Crippen molar-refractivity contribution in [2.24, 2.45) is 5.73 Å². The van der Waals surface area contributed by atoms with Gasteiger partial charge in [-0.3, -0.25) is 4.98 Å². The maximum Gasteiger partial charge on any atom is 0.0935 e. The third-order valence-corrected chi connectivity index (χ3v) is 2.33. The van der Waals surface area contributed by atoms with Gasteiger partial charge in [-0.25, -0.2) is 0 Å². The number of aromatic nitrogens is 1. The zero-order chi connectivity index (χ0) is 10.7. The van der Waals surface area contributed by atoms with Gasteiger partial charge in [-0.05, 0) is 37.1 Å². The summed E-state index contributed by atoms with van der Waals surface area (Å²) in [5, 5.41) is 0. The van der Waals surface area contributed by atoms with Crippen molar-refractivity contribution in [3.05, 3.63) is 53.7 Å². The summed E-state index contributed by atoms with van der Waals surface area (Å²) in [5.41, 5.74) is 9.08. The fraction of sp³-hybridized carbons (Fsp3) is 0.250. The Hall–Kier alpha value is -1.61. The van der Waals surface area contributed by atoms with Crippen LogP contribution >= 0.6 is 0 Å². The lowest BCUT2D eigenvalue weighted by Crippen LogP contribution is -2.14. The van der Waals surface area contributed by atoms with Crippen LogP contribution in [0.1, 0.15) is 23.0 Å². The molecule has 0 aliphatic rings. The van der Waals surface area contributed by atoms with Gasteiger partial charge in [0.1, 0.15) is 0 Å².